The number of amides is 1. The third kappa shape index (κ3) is 2.71. The zero-order valence-corrected chi connectivity index (χ0v) is 9.55. The molecule has 0 spiro atoms. The molecule has 1 fully saturated rings. The second-order valence-electron chi connectivity index (χ2n) is 4.44. The molecule has 0 aromatic carbocycles. The Morgan fingerprint density at radius 3 is 2.36 bits per heavy atom. The molecule has 1 heterocycles. The van der Waals surface area contributed by atoms with Crippen LogP contribution in [0, 0.1) is 11.8 Å². The summed E-state index contributed by atoms with van der Waals surface area (Å²) in [7, 11) is 1.91. The van der Waals surface area contributed by atoms with Crippen molar-refractivity contribution in [1.82, 2.24) is 10.2 Å². The number of carbonyl (C=O) groups is 1. The van der Waals surface area contributed by atoms with Crippen molar-refractivity contribution in [3.05, 3.63) is 0 Å². The number of nitrogens with one attached hydrogen (secondary N) is 1. The van der Waals surface area contributed by atoms with Crippen LogP contribution in [0.3, 0.4) is 0 Å². The first-order valence-corrected chi connectivity index (χ1v) is 5.60. The summed E-state index contributed by atoms with van der Waals surface area (Å²) in [6.07, 6.45) is 2.35. The van der Waals surface area contributed by atoms with E-state index in [4.69, 9.17) is 0 Å². The number of rotatable bonds is 4. The molecule has 0 radical (unpaired) electrons. The Hall–Kier alpha value is -0.570. The Kier molecular flexibility index (Phi) is 4.39. The van der Waals surface area contributed by atoms with E-state index >= 15 is 0 Å². The van der Waals surface area contributed by atoms with E-state index in [2.05, 4.69) is 19.2 Å². The topological polar surface area (TPSA) is 32.3 Å². The lowest BCUT2D eigenvalue weighted by Crippen LogP contribution is -2.40. The normalized spacial score (nSPS) is 19.0. The standard InChI is InChI=1S/C11H22N2O/c1-9(2)10(8-12-3)11(14)13-6-4-5-7-13/h9-10,12H,4-8H2,1-3H3. The summed E-state index contributed by atoms with van der Waals surface area (Å²) in [5.41, 5.74) is 0. The summed E-state index contributed by atoms with van der Waals surface area (Å²) >= 11 is 0. The highest BCUT2D eigenvalue weighted by atomic mass is 16.2. The SMILES string of the molecule is CNCC(C(=O)N1CCCC1)C(C)C. The number of hydrogen-bond acceptors (Lipinski definition) is 2. The molecule has 1 atom stereocenters. The van der Waals surface area contributed by atoms with Crippen LogP contribution >= 0.6 is 0 Å². The zero-order chi connectivity index (χ0) is 10.6. The molecule has 0 aromatic rings. The van der Waals surface area contributed by atoms with Gasteiger partial charge in [0.25, 0.3) is 0 Å². The van der Waals surface area contributed by atoms with E-state index in [-0.39, 0.29) is 5.92 Å². The first-order chi connectivity index (χ1) is 6.66. The van der Waals surface area contributed by atoms with Gasteiger partial charge in [0, 0.05) is 19.6 Å². The molecule has 1 amide bonds. The van der Waals surface area contributed by atoms with E-state index in [0.717, 1.165) is 19.6 Å². The highest BCUT2D eigenvalue weighted by Gasteiger charge is 2.27. The van der Waals surface area contributed by atoms with Crippen molar-refractivity contribution < 1.29 is 4.79 Å². The average molecular weight is 198 g/mol. The van der Waals surface area contributed by atoms with Crippen LogP contribution in [0.5, 0.6) is 0 Å². The lowest BCUT2D eigenvalue weighted by atomic mass is 9.94. The molecule has 82 valence electrons. The van der Waals surface area contributed by atoms with Crippen molar-refractivity contribution in [2.24, 2.45) is 11.8 Å². The highest BCUT2D eigenvalue weighted by Crippen LogP contribution is 2.17. The molecule has 1 unspecified atom stereocenters. The molecule has 1 N–H and O–H groups in total. The van der Waals surface area contributed by atoms with Crippen LogP contribution in [0.4, 0.5) is 0 Å². The monoisotopic (exact) mass is 198 g/mol. The minimum absolute atomic E-state index is 0.151. The molecule has 1 rings (SSSR count). The third-order valence-electron chi connectivity index (χ3n) is 2.96. The van der Waals surface area contributed by atoms with Crippen LogP contribution in [-0.4, -0.2) is 37.5 Å². The van der Waals surface area contributed by atoms with Gasteiger partial charge >= 0.3 is 0 Å². The minimum Gasteiger partial charge on any atom is -0.342 e. The molecule has 14 heavy (non-hydrogen) atoms. The van der Waals surface area contributed by atoms with Gasteiger partial charge in [0.15, 0.2) is 0 Å². The van der Waals surface area contributed by atoms with Gasteiger partial charge in [0.2, 0.25) is 5.91 Å². The zero-order valence-electron chi connectivity index (χ0n) is 9.55. The maximum absolute atomic E-state index is 12.1. The van der Waals surface area contributed by atoms with Gasteiger partial charge in [-0.05, 0) is 25.8 Å². The fourth-order valence-corrected chi connectivity index (χ4v) is 2.00. The Morgan fingerprint density at radius 1 is 1.36 bits per heavy atom. The van der Waals surface area contributed by atoms with Crippen molar-refractivity contribution in [3.8, 4) is 0 Å². The molecule has 3 heteroatoms. The van der Waals surface area contributed by atoms with E-state index in [0.29, 0.717) is 11.8 Å². The lowest BCUT2D eigenvalue weighted by molar-refractivity contribution is -0.135. The van der Waals surface area contributed by atoms with E-state index < -0.39 is 0 Å². The van der Waals surface area contributed by atoms with Gasteiger partial charge in [-0.25, -0.2) is 0 Å². The van der Waals surface area contributed by atoms with Crippen LogP contribution < -0.4 is 5.32 Å². The molecule has 1 aliphatic rings. The summed E-state index contributed by atoms with van der Waals surface area (Å²) in [4.78, 5) is 14.1. The van der Waals surface area contributed by atoms with E-state index in [1.165, 1.54) is 12.8 Å². The second kappa shape index (κ2) is 5.35. The first-order valence-electron chi connectivity index (χ1n) is 5.60. The summed E-state index contributed by atoms with van der Waals surface area (Å²) in [6.45, 7) is 6.97. The molecule has 0 aliphatic carbocycles. The Morgan fingerprint density at radius 2 is 1.93 bits per heavy atom. The van der Waals surface area contributed by atoms with Gasteiger partial charge in [-0.1, -0.05) is 13.8 Å². The summed E-state index contributed by atoms with van der Waals surface area (Å²) < 4.78 is 0. The minimum atomic E-state index is 0.151. The summed E-state index contributed by atoms with van der Waals surface area (Å²) in [5, 5.41) is 3.11. The van der Waals surface area contributed by atoms with Crippen LogP contribution in [-0.2, 0) is 4.79 Å². The molecule has 1 aliphatic heterocycles. The maximum Gasteiger partial charge on any atom is 0.227 e. The molecule has 0 aromatic heterocycles. The summed E-state index contributed by atoms with van der Waals surface area (Å²) in [6, 6.07) is 0. The number of likely N-dealkylation sites (tertiary alicyclic amines) is 1. The predicted octanol–water partition coefficient (Wildman–Crippen LogP) is 1.10. The van der Waals surface area contributed by atoms with Crippen LogP contribution in [0.2, 0.25) is 0 Å². The molecule has 0 saturated carbocycles. The Balaban J connectivity index is 2.53. The van der Waals surface area contributed by atoms with Gasteiger partial charge in [0.1, 0.15) is 0 Å². The van der Waals surface area contributed by atoms with Crippen molar-refractivity contribution in [3.63, 3.8) is 0 Å². The van der Waals surface area contributed by atoms with Crippen LogP contribution in [0.1, 0.15) is 26.7 Å². The number of nitrogens with zero attached hydrogens (tertiary/aromatic N) is 1. The molecule has 0 bridgehead atoms. The van der Waals surface area contributed by atoms with Gasteiger partial charge in [-0.15, -0.1) is 0 Å². The largest absolute Gasteiger partial charge is 0.342 e. The van der Waals surface area contributed by atoms with Crippen molar-refractivity contribution >= 4 is 5.91 Å². The first kappa shape index (κ1) is 11.5. The third-order valence-corrected chi connectivity index (χ3v) is 2.96. The fraction of sp³-hybridized carbons (Fsp3) is 0.909. The van der Waals surface area contributed by atoms with E-state index in [9.17, 15) is 4.79 Å². The van der Waals surface area contributed by atoms with Gasteiger partial charge < -0.3 is 10.2 Å². The predicted molar refractivity (Wildman–Crippen MR) is 58.1 cm³/mol. The Bertz CT molecular complexity index is 186. The fourth-order valence-electron chi connectivity index (χ4n) is 2.00. The molecule has 1 saturated heterocycles. The number of hydrogen-bond donors (Lipinski definition) is 1. The van der Waals surface area contributed by atoms with Crippen molar-refractivity contribution in [1.29, 1.82) is 0 Å². The van der Waals surface area contributed by atoms with Crippen molar-refractivity contribution in [2.45, 2.75) is 26.7 Å². The molecular formula is C11H22N2O. The van der Waals surface area contributed by atoms with Crippen molar-refractivity contribution in [2.75, 3.05) is 26.7 Å². The van der Waals surface area contributed by atoms with E-state index in [1.807, 2.05) is 11.9 Å². The Labute approximate surface area is 86.9 Å². The maximum atomic E-state index is 12.1. The highest BCUT2D eigenvalue weighted by molar-refractivity contribution is 5.79. The van der Waals surface area contributed by atoms with Gasteiger partial charge in [0.05, 0.1) is 5.92 Å². The lowest BCUT2D eigenvalue weighted by Gasteiger charge is -2.25. The smallest absolute Gasteiger partial charge is 0.227 e. The van der Waals surface area contributed by atoms with Crippen LogP contribution in [0.25, 0.3) is 0 Å². The quantitative estimate of drug-likeness (QED) is 0.733. The molecular weight excluding hydrogens is 176 g/mol. The van der Waals surface area contributed by atoms with Gasteiger partial charge in [-0.2, -0.15) is 0 Å². The molecule has 3 nitrogen and oxygen atoms in total. The van der Waals surface area contributed by atoms with Crippen LogP contribution in [0.15, 0.2) is 0 Å². The van der Waals surface area contributed by atoms with E-state index in [1.54, 1.807) is 0 Å². The average Bonchev–Trinajstić information content (AvgIpc) is 2.65. The number of carbonyl (C=O) groups excluding carboxylic acids is 1. The van der Waals surface area contributed by atoms with Gasteiger partial charge in [-0.3, -0.25) is 4.79 Å². The summed E-state index contributed by atoms with van der Waals surface area (Å²) in [5.74, 6) is 0.917. The second-order valence-corrected chi connectivity index (χ2v) is 4.44.